The van der Waals surface area contributed by atoms with Crippen molar-refractivity contribution < 1.29 is 38.9 Å². The normalized spacial score (nSPS) is 13.1. The van der Waals surface area contributed by atoms with E-state index in [0.29, 0.717) is 0 Å². The smallest absolute Gasteiger partial charge is 0.282 e. The number of rotatable bonds is 5. The third kappa shape index (κ3) is 3.58. The van der Waals surface area contributed by atoms with Gasteiger partial charge in [0.2, 0.25) is 0 Å². The van der Waals surface area contributed by atoms with E-state index in [1.807, 2.05) is 0 Å². The molecular formula is C13H12O9S3. The summed E-state index contributed by atoms with van der Waals surface area (Å²) in [6.45, 7) is 3.39. The quantitative estimate of drug-likeness (QED) is 0.489. The van der Waals surface area contributed by atoms with E-state index in [1.54, 1.807) is 0 Å². The van der Waals surface area contributed by atoms with Crippen LogP contribution < -0.4 is 0 Å². The first-order valence-corrected chi connectivity index (χ1v) is 10.7. The second-order valence-electron chi connectivity index (χ2n) is 4.93. The average molecular weight is 408 g/mol. The van der Waals surface area contributed by atoms with Crippen LogP contribution in [0.25, 0.3) is 10.8 Å². The summed E-state index contributed by atoms with van der Waals surface area (Å²) in [6, 6.07) is 5.11. The summed E-state index contributed by atoms with van der Waals surface area (Å²) in [7, 11) is -16.1. The zero-order chi connectivity index (χ0) is 19.2. The highest BCUT2D eigenvalue weighted by Gasteiger charge is 2.37. The van der Waals surface area contributed by atoms with Crippen LogP contribution in [0.3, 0.4) is 0 Å². The van der Waals surface area contributed by atoms with Crippen LogP contribution in [0.4, 0.5) is 0 Å². The molecule has 0 radical (unpaired) electrons. The summed E-state index contributed by atoms with van der Waals surface area (Å²) in [5.41, 5.74) is -0.298. The van der Waals surface area contributed by atoms with Crippen molar-refractivity contribution in [1.29, 1.82) is 0 Å². The molecule has 0 spiro atoms. The molecule has 0 atom stereocenters. The Bertz CT molecular complexity index is 1190. The second-order valence-corrected chi connectivity index (χ2v) is 9.00. The third-order valence-electron chi connectivity index (χ3n) is 3.31. The van der Waals surface area contributed by atoms with Crippen molar-refractivity contribution >= 4 is 41.1 Å². The van der Waals surface area contributed by atoms with Gasteiger partial charge in [0.1, 0.15) is 14.7 Å². The summed E-state index contributed by atoms with van der Waals surface area (Å²) in [5, 5.41) is -0.406. The molecule has 2 aromatic carbocycles. The average Bonchev–Trinajstić information content (AvgIpc) is 2.43. The van der Waals surface area contributed by atoms with Crippen molar-refractivity contribution in [3.8, 4) is 0 Å². The molecule has 0 aliphatic carbocycles. The first kappa shape index (κ1) is 19.5. The maximum absolute atomic E-state index is 11.8. The van der Waals surface area contributed by atoms with E-state index in [0.717, 1.165) is 6.07 Å². The Labute approximate surface area is 143 Å². The number of hydrogen-bond acceptors (Lipinski definition) is 6. The molecule has 3 N–H and O–H groups in total. The van der Waals surface area contributed by atoms with E-state index in [-0.39, 0.29) is 22.8 Å². The van der Waals surface area contributed by atoms with Crippen LogP contribution in [0.5, 0.6) is 0 Å². The van der Waals surface area contributed by atoms with E-state index in [9.17, 15) is 38.9 Å². The molecule has 0 amide bonds. The van der Waals surface area contributed by atoms with Crippen LogP contribution in [-0.2, 0) is 36.8 Å². The summed E-state index contributed by atoms with van der Waals surface area (Å²) in [6.07, 6.45) is 0.918. The van der Waals surface area contributed by atoms with Gasteiger partial charge in [-0.2, -0.15) is 25.3 Å². The Hall–Kier alpha value is -1.83. The maximum Gasteiger partial charge on any atom is 0.297 e. The van der Waals surface area contributed by atoms with Gasteiger partial charge in [0, 0.05) is 5.39 Å². The van der Waals surface area contributed by atoms with Gasteiger partial charge >= 0.3 is 0 Å². The van der Waals surface area contributed by atoms with Gasteiger partial charge in [-0.3, -0.25) is 13.7 Å². The first-order chi connectivity index (χ1) is 11.3. The third-order valence-corrected chi connectivity index (χ3v) is 6.39. The van der Waals surface area contributed by atoms with Gasteiger partial charge in [-0.1, -0.05) is 30.3 Å². The van der Waals surface area contributed by atoms with E-state index in [4.69, 9.17) is 0 Å². The number of hydrogen-bond donors (Lipinski definition) is 3. The van der Waals surface area contributed by atoms with E-state index in [2.05, 4.69) is 6.58 Å². The molecule has 0 bridgehead atoms. The molecule has 0 unspecified atom stereocenters. The van der Waals surface area contributed by atoms with Gasteiger partial charge in [-0.15, -0.1) is 6.58 Å². The van der Waals surface area contributed by atoms with Crippen molar-refractivity contribution in [3.05, 3.63) is 42.5 Å². The van der Waals surface area contributed by atoms with Crippen LogP contribution in [-0.4, -0.2) is 38.9 Å². The van der Waals surface area contributed by atoms with Crippen LogP contribution >= 0.6 is 0 Å². The minimum Gasteiger partial charge on any atom is -0.282 e. The highest BCUT2D eigenvalue weighted by molar-refractivity contribution is 7.90. The standard InChI is InChI=1S/C13H12O9S3/c1-2-5-9-8-6-3-4-7-10(8)12(24(17,18)19)13(25(20,21)22)11(9)23(14,15)16/h2-4,6-7H,1,5H2,(H,14,15,16)(H,17,18,19)(H,20,21,22). The Morgan fingerprint density at radius 1 is 0.760 bits per heavy atom. The van der Waals surface area contributed by atoms with Crippen LogP contribution in [0, 0.1) is 0 Å². The van der Waals surface area contributed by atoms with Gasteiger partial charge in [-0.05, 0) is 17.4 Å². The van der Waals surface area contributed by atoms with Crippen LogP contribution in [0.1, 0.15) is 5.56 Å². The fourth-order valence-electron chi connectivity index (χ4n) is 2.54. The first-order valence-electron chi connectivity index (χ1n) is 6.41. The summed E-state index contributed by atoms with van der Waals surface area (Å²) < 4.78 is 98.9. The largest absolute Gasteiger partial charge is 0.297 e. The molecule has 0 heterocycles. The molecule has 0 saturated heterocycles. The van der Waals surface area contributed by atoms with E-state index >= 15 is 0 Å². The molecule has 136 valence electrons. The zero-order valence-electron chi connectivity index (χ0n) is 12.3. The minimum atomic E-state index is -5.48. The lowest BCUT2D eigenvalue weighted by atomic mass is 10.0. The van der Waals surface area contributed by atoms with Crippen LogP contribution in [0.2, 0.25) is 0 Å². The van der Waals surface area contributed by atoms with Gasteiger partial charge in [0.05, 0.1) is 0 Å². The molecular weight excluding hydrogens is 396 g/mol. The second kappa shape index (κ2) is 6.16. The Morgan fingerprint density at radius 3 is 1.60 bits per heavy atom. The molecule has 0 saturated carbocycles. The van der Waals surface area contributed by atoms with Gasteiger partial charge < -0.3 is 0 Å². The predicted molar refractivity (Wildman–Crippen MR) is 87.3 cm³/mol. The molecule has 0 fully saturated rings. The van der Waals surface area contributed by atoms with Crippen molar-refractivity contribution in [3.63, 3.8) is 0 Å². The molecule has 0 aliphatic heterocycles. The molecule has 2 aromatic rings. The van der Waals surface area contributed by atoms with Crippen molar-refractivity contribution in [2.45, 2.75) is 21.1 Å². The highest BCUT2D eigenvalue weighted by Crippen LogP contribution is 2.39. The minimum absolute atomic E-state index is 0.0601. The van der Waals surface area contributed by atoms with Gasteiger partial charge in [0.25, 0.3) is 30.4 Å². The van der Waals surface area contributed by atoms with Crippen molar-refractivity contribution in [2.75, 3.05) is 0 Å². The summed E-state index contributed by atoms with van der Waals surface area (Å²) in [5.74, 6) is 0. The fourth-order valence-corrected chi connectivity index (χ4v) is 6.20. The van der Waals surface area contributed by atoms with Crippen molar-refractivity contribution in [1.82, 2.24) is 0 Å². The zero-order valence-corrected chi connectivity index (χ0v) is 14.8. The van der Waals surface area contributed by atoms with Crippen molar-refractivity contribution in [2.24, 2.45) is 0 Å². The molecule has 25 heavy (non-hydrogen) atoms. The summed E-state index contributed by atoms with van der Waals surface area (Å²) >= 11 is 0. The predicted octanol–water partition coefficient (Wildman–Crippen LogP) is 1.31. The number of benzene rings is 2. The number of allylic oxidation sites excluding steroid dienone is 1. The molecule has 0 aliphatic rings. The van der Waals surface area contributed by atoms with Gasteiger partial charge in [0.15, 0.2) is 0 Å². The lowest BCUT2D eigenvalue weighted by Gasteiger charge is -2.17. The lowest BCUT2D eigenvalue weighted by molar-refractivity contribution is 0.456. The molecule has 0 aromatic heterocycles. The Balaban J connectivity index is 3.44. The summed E-state index contributed by atoms with van der Waals surface area (Å²) in [4.78, 5) is -4.29. The maximum atomic E-state index is 11.8. The monoisotopic (exact) mass is 408 g/mol. The van der Waals surface area contributed by atoms with Gasteiger partial charge in [-0.25, -0.2) is 0 Å². The molecule has 2 rings (SSSR count). The van der Waals surface area contributed by atoms with Crippen LogP contribution in [0.15, 0.2) is 51.6 Å². The number of fused-ring (bicyclic) bond motifs is 1. The van der Waals surface area contributed by atoms with E-state index in [1.165, 1.54) is 24.3 Å². The highest BCUT2D eigenvalue weighted by atomic mass is 32.2. The van der Waals surface area contributed by atoms with E-state index < -0.39 is 45.0 Å². The molecule has 12 heteroatoms. The molecule has 9 nitrogen and oxygen atoms in total. The lowest BCUT2D eigenvalue weighted by Crippen LogP contribution is -2.17. The topological polar surface area (TPSA) is 163 Å². The fraction of sp³-hybridized carbons (Fsp3) is 0.0769. The SMILES string of the molecule is C=CCc1c(S(=O)(=O)O)c(S(=O)(=O)O)c(S(=O)(=O)O)c2ccccc12. The Morgan fingerprint density at radius 2 is 1.20 bits per heavy atom. The Kier molecular flexibility index (Phi) is 4.80.